The number of nitrogens with two attached hydrogens (primary N) is 2. The van der Waals surface area contributed by atoms with Crippen molar-refractivity contribution in [3.8, 4) is 0 Å². The van der Waals surface area contributed by atoms with E-state index in [2.05, 4.69) is 20.9 Å². The molecule has 0 saturated carbocycles. The third-order valence-electron chi connectivity index (χ3n) is 4.46. The van der Waals surface area contributed by atoms with Gasteiger partial charge in [0.1, 0.15) is 25.0 Å². The molecule has 0 aliphatic rings. The number of nitrogens with zero attached hydrogens (tertiary/aromatic N) is 1. The minimum absolute atomic E-state index is 0.0180. The van der Waals surface area contributed by atoms with E-state index in [9.17, 15) is 24.3 Å². The molecule has 0 aliphatic carbocycles. The van der Waals surface area contributed by atoms with Crippen molar-refractivity contribution in [2.24, 2.45) is 16.5 Å². The van der Waals surface area contributed by atoms with Crippen LogP contribution in [0.5, 0.6) is 0 Å². The van der Waals surface area contributed by atoms with Crippen LogP contribution in [0, 0.1) is 0 Å². The molecule has 0 unspecified atom stereocenters. The van der Waals surface area contributed by atoms with E-state index in [1.807, 2.05) is 6.07 Å². The largest absolute Gasteiger partial charge is 0.445 e. The predicted octanol–water partition coefficient (Wildman–Crippen LogP) is -1.10. The number of aliphatic hydroxyl groups is 1. The average Bonchev–Trinajstić information content (AvgIpc) is 2.78. The zero-order chi connectivity index (χ0) is 24.8. The number of aliphatic imine (C=N–C) groups is 1. The third-order valence-corrected chi connectivity index (χ3v) is 4.46. The minimum Gasteiger partial charge on any atom is -0.445 e. The Morgan fingerprint density at radius 2 is 1.76 bits per heavy atom. The van der Waals surface area contributed by atoms with Gasteiger partial charge in [0, 0.05) is 6.54 Å². The summed E-state index contributed by atoms with van der Waals surface area (Å²) < 4.78 is 5.06. The molecule has 1 rings (SSSR count). The Labute approximate surface area is 192 Å². The number of benzene rings is 1. The molecule has 3 amide bonds. The molecular weight excluding hydrogens is 432 g/mol. The minimum atomic E-state index is -1.36. The number of alkyl carbamates (subject to hydrolysis) is 1. The first-order valence-corrected chi connectivity index (χ1v) is 10.4. The van der Waals surface area contributed by atoms with E-state index in [1.165, 1.54) is 13.8 Å². The van der Waals surface area contributed by atoms with Crippen LogP contribution in [0.1, 0.15) is 32.3 Å². The Bertz CT molecular complexity index is 813. The van der Waals surface area contributed by atoms with Gasteiger partial charge >= 0.3 is 6.09 Å². The monoisotopic (exact) mass is 464 g/mol. The van der Waals surface area contributed by atoms with Crippen LogP contribution in [0.2, 0.25) is 0 Å². The summed E-state index contributed by atoms with van der Waals surface area (Å²) in [5.74, 6) is -1.47. The number of rotatable bonds is 13. The number of amides is 3. The smallest absolute Gasteiger partial charge is 0.408 e. The molecule has 4 atom stereocenters. The second-order valence-corrected chi connectivity index (χ2v) is 7.35. The SMILES string of the molecule is C[C@H](NC(=O)[C@H](NC(=O)OCc1ccccc1)[C@H](C)O)C(=O)N[C@H](C=O)CCCN=C(N)N. The highest BCUT2D eigenvalue weighted by atomic mass is 16.5. The Hall–Kier alpha value is -3.67. The maximum Gasteiger partial charge on any atom is 0.408 e. The van der Waals surface area contributed by atoms with E-state index < -0.39 is 42.1 Å². The molecule has 0 aliphatic heterocycles. The first kappa shape index (κ1) is 27.4. The quantitative estimate of drug-likeness (QED) is 0.0915. The van der Waals surface area contributed by atoms with Gasteiger partial charge in [-0.15, -0.1) is 0 Å². The number of carbonyl (C=O) groups excluding carboxylic acids is 4. The van der Waals surface area contributed by atoms with Crippen molar-refractivity contribution >= 4 is 30.2 Å². The fraction of sp³-hybridized carbons (Fsp3) is 0.476. The van der Waals surface area contributed by atoms with Gasteiger partial charge in [0.15, 0.2) is 5.96 Å². The van der Waals surface area contributed by atoms with Gasteiger partial charge in [0.2, 0.25) is 11.8 Å². The van der Waals surface area contributed by atoms with Gasteiger partial charge in [0.05, 0.1) is 12.1 Å². The topological polar surface area (TPSA) is 198 Å². The van der Waals surface area contributed by atoms with Crippen LogP contribution in [-0.4, -0.2) is 66.0 Å². The first-order chi connectivity index (χ1) is 15.6. The first-order valence-electron chi connectivity index (χ1n) is 10.4. The molecule has 1 aromatic rings. The van der Waals surface area contributed by atoms with Gasteiger partial charge in [0.25, 0.3) is 0 Å². The van der Waals surface area contributed by atoms with E-state index in [1.54, 1.807) is 24.3 Å². The summed E-state index contributed by atoms with van der Waals surface area (Å²) in [4.78, 5) is 51.9. The molecule has 0 fully saturated rings. The number of aldehydes is 1. The molecule has 12 heteroatoms. The van der Waals surface area contributed by atoms with Crippen molar-refractivity contribution in [1.29, 1.82) is 0 Å². The molecule has 1 aromatic carbocycles. The van der Waals surface area contributed by atoms with E-state index in [4.69, 9.17) is 16.2 Å². The fourth-order valence-electron chi connectivity index (χ4n) is 2.67. The normalized spacial score (nSPS) is 14.0. The predicted molar refractivity (Wildman–Crippen MR) is 121 cm³/mol. The van der Waals surface area contributed by atoms with Crippen molar-refractivity contribution in [1.82, 2.24) is 16.0 Å². The van der Waals surface area contributed by atoms with Crippen LogP contribution in [0.4, 0.5) is 4.79 Å². The molecule has 33 heavy (non-hydrogen) atoms. The molecule has 182 valence electrons. The standard InChI is InChI=1S/C21H32N6O6/c1-13(18(30)26-16(11-28)9-6-10-24-20(22)23)25-19(31)17(14(2)29)27-21(32)33-12-15-7-4-3-5-8-15/h3-5,7-8,11,13-14,16-17,29H,6,9-10,12H2,1-2H3,(H,25,31)(H,26,30)(H,27,32)(H4,22,23,24)/t13-,14-,16-,17+/m0/s1. The molecule has 8 N–H and O–H groups in total. The summed E-state index contributed by atoms with van der Waals surface area (Å²) in [6.45, 7) is 3.00. The summed E-state index contributed by atoms with van der Waals surface area (Å²) in [5, 5.41) is 17.1. The van der Waals surface area contributed by atoms with E-state index in [0.717, 1.165) is 5.56 Å². The zero-order valence-electron chi connectivity index (χ0n) is 18.7. The Morgan fingerprint density at radius 3 is 2.33 bits per heavy atom. The third kappa shape index (κ3) is 11.0. The summed E-state index contributed by atoms with van der Waals surface area (Å²) in [6, 6.07) is 5.73. The van der Waals surface area contributed by atoms with E-state index >= 15 is 0 Å². The highest BCUT2D eigenvalue weighted by Crippen LogP contribution is 2.02. The zero-order valence-corrected chi connectivity index (χ0v) is 18.7. The van der Waals surface area contributed by atoms with Crippen LogP contribution < -0.4 is 27.4 Å². The van der Waals surface area contributed by atoms with Crippen molar-refractivity contribution in [3.05, 3.63) is 35.9 Å². The Morgan fingerprint density at radius 1 is 1.09 bits per heavy atom. The van der Waals surface area contributed by atoms with Crippen LogP contribution in [0.3, 0.4) is 0 Å². The number of nitrogens with one attached hydrogen (secondary N) is 3. The second-order valence-electron chi connectivity index (χ2n) is 7.35. The highest BCUT2D eigenvalue weighted by Gasteiger charge is 2.29. The number of guanidine groups is 1. The van der Waals surface area contributed by atoms with Gasteiger partial charge in [-0.2, -0.15) is 0 Å². The molecule has 0 heterocycles. The van der Waals surface area contributed by atoms with Crippen LogP contribution in [0.15, 0.2) is 35.3 Å². The lowest BCUT2D eigenvalue weighted by molar-refractivity contribution is -0.131. The van der Waals surface area contributed by atoms with E-state index in [0.29, 0.717) is 25.7 Å². The lowest BCUT2D eigenvalue weighted by Gasteiger charge is -2.23. The number of carbonyl (C=O) groups is 4. The lowest BCUT2D eigenvalue weighted by Crippen LogP contribution is -2.57. The molecule has 0 saturated heterocycles. The number of hydrogen-bond donors (Lipinski definition) is 6. The van der Waals surface area contributed by atoms with Crippen molar-refractivity contribution in [3.63, 3.8) is 0 Å². The van der Waals surface area contributed by atoms with Crippen LogP contribution >= 0.6 is 0 Å². The maximum absolute atomic E-state index is 12.5. The Kier molecular flexibility index (Phi) is 11.9. The average molecular weight is 465 g/mol. The summed E-state index contributed by atoms with van der Waals surface area (Å²) in [7, 11) is 0. The van der Waals surface area contributed by atoms with E-state index in [-0.39, 0.29) is 12.6 Å². The fourth-order valence-corrected chi connectivity index (χ4v) is 2.67. The maximum atomic E-state index is 12.5. The van der Waals surface area contributed by atoms with Gasteiger partial charge < -0.3 is 42.1 Å². The Balaban J connectivity index is 2.55. The molecule has 12 nitrogen and oxygen atoms in total. The molecular formula is C21H32N6O6. The molecule has 0 bridgehead atoms. The van der Waals surface area contributed by atoms with Crippen LogP contribution in [0.25, 0.3) is 0 Å². The second kappa shape index (κ2) is 14.4. The highest BCUT2D eigenvalue weighted by molar-refractivity contribution is 5.92. The lowest BCUT2D eigenvalue weighted by atomic mass is 10.1. The van der Waals surface area contributed by atoms with Gasteiger partial charge in [-0.05, 0) is 32.3 Å². The molecule has 0 aromatic heterocycles. The van der Waals surface area contributed by atoms with Gasteiger partial charge in [-0.3, -0.25) is 14.6 Å². The molecule has 0 radical (unpaired) electrons. The number of aliphatic hydroxyl groups excluding tert-OH is 1. The number of ether oxygens (including phenoxy) is 1. The number of hydrogen-bond acceptors (Lipinski definition) is 7. The van der Waals surface area contributed by atoms with Crippen molar-refractivity contribution in [2.75, 3.05) is 6.54 Å². The summed E-state index contributed by atoms with van der Waals surface area (Å²) in [6.07, 6.45) is -0.828. The van der Waals surface area contributed by atoms with Crippen LogP contribution in [-0.2, 0) is 25.7 Å². The van der Waals surface area contributed by atoms with Gasteiger partial charge in [-0.25, -0.2) is 4.79 Å². The van der Waals surface area contributed by atoms with Gasteiger partial charge in [-0.1, -0.05) is 30.3 Å². The van der Waals surface area contributed by atoms with Crippen molar-refractivity contribution < 1.29 is 29.0 Å². The summed E-state index contributed by atoms with van der Waals surface area (Å²) in [5.41, 5.74) is 11.2. The van der Waals surface area contributed by atoms with Crippen molar-refractivity contribution in [2.45, 2.75) is 57.5 Å². The summed E-state index contributed by atoms with van der Waals surface area (Å²) >= 11 is 0. The molecule has 0 spiro atoms.